The molecule has 0 bridgehead atoms. The van der Waals surface area contributed by atoms with Crippen molar-refractivity contribution in [2.45, 2.75) is 13.8 Å². The van der Waals surface area contributed by atoms with Gasteiger partial charge in [-0.25, -0.2) is 4.39 Å². The highest BCUT2D eigenvalue weighted by Gasteiger charge is 2.26. The van der Waals surface area contributed by atoms with Crippen LogP contribution in [0.3, 0.4) is 0 Å². The van der Waals surface area contributed by atoms with Crippen LogP contribution in [-0.2, 0) is 4.79 Å². The van der Waals surface area contributed by atoms with Crippen molar-refractivity contribution in [3.05, 3.63) is 71.2 Å². The van der Waals surface area contributed by atoms with Crippen LogP contribution in [0, 0.1) is 19.7 Å². The third-order valence-corrected chi connectivity index (χ3v) is 5.75. The van der Waals surface area contributed by atoms with Gasteiger partial charge in [0.05, 0.1) is 6.54 Å². The first-order valence-electron chi connectivity index (χ1n) is 10.5. The maximum Gasteiger partial charge on any atom is 0.292 e. The number of carbonyl (C=O) groups excluding carboxylic acids is 2. The summed E-state index contributed by atoms with van der Waals surface area (Å²) in [5, 5.41) is 6.87. The van der Waals surface area contributed by atoms with Gasteiger partial charge in [-0.05, 0) is 43.2 Å². The van der Waals surface area contributed by atoms with Crippen LogP contribution in [0.5, 0.6) is 0 Å². The monoisotopic (exact) mass is 436 g/mol. The summed E-state index contributed by atoms with van der Waals surface area (Å²) in [5.74, 6) is -0.602. The molecule has 166 valence electrons. The largest absolute Gasteiger partial charge is 0.350 e. The van der Waals surface area contributed by atoms with Crippen LogP contribution in [0.15, 0.2) is 53.1 Å². The number of aryl methyl sites for hydroxylation is 1. The van der Waals surface area contributed by atoms with E-state index < -0.39 is 0 Å². The topological polar surface area (TPSA) is 78.7 Å². The molecule has 0 atom stereocenters. The maximum absolute atomic E-state index is 13.4. The van der Waals surface area contributed by atoms with Gasteiger partial charge in [0.15, 0.2) is 0 Å². The Bertz CT molecular complexity index is 1140. The number of nitrogens with one attached hydrogen (secondary N) is 1. The van der Waals surface area contributed by atoms with E-state index in [4.69, 9.17) is 4.52 Å². The van der Waals surface area contributed by atoms with E-state index in [1.165, 1.54) is 18.2 Å². The van der Waals surface area contributed by atoms with Crippen molar-refractivity contribution < 1.29 is 18.5 Å². The van der Waals surface area contributed by atoms with Gasteiger partial charge in [-0.3, -0.25) is 14.5 Å². The Morgan fingerprint density at radius 2 is 1.81 bits per heavy atom. The zero-order valence-corrected chi connectivity index (χ0v) is 18.1. The summed E-state index contributed by atoms with van der Waals surface area (Å²) >= 11 is 0. The molecule has 1 N–H and O–H groups in total. The molecule has 1 aromatic heterocycles. The molecule has 1 aliphatic heterocycles. The van der Waals surface area contributed by atoms with Gasteiger partial charge in [-0.15, -0.1) is 0 Å². The summed E-state index contributed by atoms with van der Waals surface area (Å²) in [5.41, 5.74) is 3.97. The lowest BCUT2D eigenvalue weighted by atomic mass is 10.1. The van der Waals surface area contributed by atoms with Crippen molar-refractivity contribution in [1.29, 1.82) is 0 Å². The van der Waals surface area contributed by atoms with E-state index in [0.29, 0.717) is 37.4 Å². The van der Waals surface area contributed by atoms with E-state index in [0.717, 1.165) is 16.8 Å². The van der Waals surface area contributed by atoms with E-state index in [1.54, 1.807) is 17.0 Å². The Labute approximate surface area is 185 Å². The number of nitrogens with zero attached hydrogens (tertiary/aromatic N) is 3. The molecule has 1 saturated heterocycles. The average Bonchev–Trinajstić information content (AvgIpc) is 3.27. The van der Waals surface area contributed by atoms with Crippen LogP contribution in [0.1, 0.15) is 21.7 Å². The minimum Gasteiger partial charge on any atom is -0.350 e. The van der Waals surface area contributed by atoms with Gasteiger partial charge in [0.25, 0.3) is 5.91 Å². The first-order valence-corrected chi connectivity index (χ1v) is 10.5. The fourth-order valence-corrected chi connectivity index (χ4v) is 3.70. The molecule has 4 rings (SSSR count). The molecule has 1 aliphatic rings. The van der Waals surface area contributed by atoms with E-state index in [1.807, 2.05) is 36.9 Å². The predicted molar refractivity (Wildman–Crippen MR) is 119 cm³/mol. The lowest BCUT2D eigenvalue weighted by molar-refractivity contribution is -0.117. The van der Waals surface area contributed by atoms with Crippen LogP contribution >= 0.6 is 0 Å². The van der Waals surface area contributed by atoms with Gasteiger partial charge in [0.2, 0.25) is 11.7 Å². The van der Waals surface area contributed by atoms with Crippen molar-refractivity contribution in [3.8, 4) is 11.3 Å². The van der Waals surface area contributed by atoms with E-state index in [-0.39, 0.29) is 29.9 Å². The van der Waals surface area contributed by atoms with E-state index in [9.17, 15) is 14.0 Å². The minimum atomic E-state index is -0.379. The van der Waals surface area contributed by atoms with Gasteiger partial charge in [-0.1, -0.05) is 29.4 Å². The molecule has 8 heteroatoms. The van der Waals surface area contributed by atoms with Gasteiger partial charge in [0.1, 0.15) is 11.5 Å². The molecule has 0 radical (unpaired) electrons. The van der Waals surface area contributed by atoms with Crippen LogP contribution < -0.4 is 5.32 Å². The van der Waals surface area contributed by atoms with Crippen molar-refractivity contribution in [2.24, 2.45) is 0 Å². The Morgan fingerprint density at radius 1 is 1.06 bits per heavy atom. The standard InChI is InChI=1S/C24H25FN4O3/c1-16-5-3-8-20(17(16)2)26-23(30)15-28-9-11-29(12-10-28)24(31)22-14-21(27-32-22)18-6-4-7-19(25)13-18/h3-8,13-14H,9-12,15H2,1-2H3,(H,26,30). The number of amides is 2. The van der Waals surface area contributed by atoms with Crippen molar-refractivity contribution in [3.63, 3.8) is 0 Å². The van der Waals surface area contributed by atoms with Gasteiger partial charge < -0.3 is 14.7 Å². The molecule has 0 saturated carbocycles. The van der Waals surface area contributed by atoms with Gasteiger partial charge >= 0.3 is 0 Å². The van der Waals surface area contributed by atoms with Gasteiger partial charge in [-0.2, -0.15) is 0 Å². The number of anilines is 1. The second kappa shape index (κ2) is 9.32. The SMILES string of the molecule is Cc1cccc(NC(=O)CN2CCN(C(=O)c3cc(-c4cccc(F)c4)no3)CC2)c1C. The summed E-state index contributed by atoms with van der Waals surface area (Å²) in [6.07, 6.45) is 0. The summed E-state index contributed by atoms with van der Waals surface area (Å²) in [6.45, 7) is 6.38. The maximum atomic E-state index is 13.4. The summed E-state index contributed by atoms with van der Waals surface area (Å²) in [6, 6.07) is 13.3. The number of hydrogen-bond acceptors (Lipinski definition) is 5. The van der Waals surface area contributed by atoms with Crippen molar-refractivity contribution in [1.82, 2.24) is 15.0 Å². The molecular formula is C24H25FN4O3. The zero-order chi connectivity index (χ0) is 22.7. The number of rotatable bonds is 5. The molecule has 7 nitrogen and oxygen atoms in total. The Hall–Kier alpha value is -3.52. The van der Waals surface area contributed by atoms with Crippen LogP contribution in [0.25, 0.3) is 11.3 Å². The summed E-state index contributed by atoms with van der Waals surface area (Å²) < 4.78 is 18.6. The smallest absolute Gasteiger partial charge is 0.292 e. The first-order chi connectivity index (χ1) is 15.4. The minimum absolute atomic E-state index is 0.0755. The summed E-state index contributed by atoms with van der Waals surface area (Å²) in [7, 11) is 0. The highest BCUT2D eigenvalue weighted by molar-refractivity contribution is 5.93. The molecule has 32 heavy (non-hydrogen) atoms. The second-order valence-corrected chi connectivity index (χ2v) is 7.95. The number of hydrogen-bond donors (Lipinski definition) is 1. The number of aromatic nitrogens is 1. The zero-order valence-electron chi connectivity index (χ0n) is 18.1. The predicted octanol–water partition coefficient (Wildman–Crippen LogP) is 3.49. The van der Waals surface area contributed by atoms with Crippen LogP contribution in [-0.4, -0.2) is 59.5 Å². The first kappa shape index (κ1) is 21.7. The number of piperazine rings is 1. The highest BCUT2D eigenvalue weighted by Crippen LogP contribution is 2.21. The molecular weight excluding hydrogens is 411 g/mol. The average molecular weight is 436 g/mol. The van der Waals surface area contributed by atoms with Crippen molar-refractivity contribution in [2.75, 3.05) is 38.0 Å². The van der Waals surface area contributed by atoms with Crippen molar-refractivity contribution >= 4 is 17.5 Å². The normalized spacial score (nSPS) is 14.4. The lowest BCUT2D eigenvalue weighted by Crippen LogP contribution is -2.50. The highest BCUT2D eigenvalue weighted by atomic mass is 19.1. The molecule has 3 aromatic rings. The molecule has 2 heterocycles. The quantitative estimate of drug-likeness (QED) is 0.662. The number of halogens is 1. The fraction of sp³-hybridized carbons (Fsp3) is 0.292. The molecule has 1 fully saturated rings. The number of carbonyl (C=O) groups is 2. The molecule has 0 unspecified atom stereocenters. The molecule has 0 aliphatic carbocycles. The third kappa shape index (κ3) is 4.86. The lowest BCUT2D eigenvalue weighted by Gasteiger charge is -2.33. The second-order valence-electron chi connectivity index (χ2n) is 7.95. The fourth-order valence-electron chi connectivity index (χ4n) is 3.70. The molecule has 2 amide bonds. The van der Waals surface area contributed by atoms with E-state index in [2.05, 4.69) is 10.5 Å². The Kier molecular flexibility index (Phi) is 6.32. The third-order valence-electron chi connectivity index (χ3n) is 5.75. The van der Waals surface area contributed by atoms with Crippen LogP contribution in [0.4, 0.5) is 10.1 Å². The van der Waals surface area contributed by atoms with Crippen LogP contribution in [0.2, 0.25) is 0 Å². The summed E-state index contributed by atoms with van der Waals surface area (Å²) in [4.78, 5) is 28.9. The molecule has 0 spiro atoms. The number of benzene rings is 2. The van der Waals surface area contributed by atoms with Gasteiger partial charge in [0, 0.05) is 43.5 Å². The Morgan fingerprint density at radius 3 is 2.56 bits per heavy atom. The van der Waals surface area contributed by atoms with E-state index >= 15 is 0 Å². The molecule has 2 aromatic carbocycles. The Balaban J connectivity index is 1.30.